The first-order chi connectivity index (χ1) is 13.3. The van der Waals surface area contributed by atoms with Gasteiger partial charge in [-0.3, -0.25) is 9.59 Å². The zero-order valence-electron chi connectivity index (χ0n) is 15.7. The molecular weight excluding hydrogens is 396 g/mol. The Kier molecular flexibility index (Phi) is 6.10. The lowest BCUT2D eigenvalue weighted by atomic mass is 10.1. The number of carbonyl (C=O) groups is 2. The highest BCUT2D eigenvalue weighted by Gasteiger charge is 2.25. The Hall–Kier alpha value is -2.32. The number of fused-ring (bicyclic) bond motifs is 1. The van der Waals surface area contributed by atoms with Gasteiger partial charge >= 0.3 is 0 Å². The average molecular weight is 419 g/mol. The predicted molar refractivity (Wildman–Crippen MR) is 111 cm³/mol. The topological polar surface area (TPSA) is 92.3 Å². The Balaban J connectivity index is 1.75. The lowest BCUT2D eigenvalue weighted by Gasteiger charge is -2.15. The third kappa shape index (κ3) is 4.74. The van der Waals surface area contributed by atoms with Gasteiger partial charge in [0, 0.05) is 28.7 Å². The summed E-state index contributed by atoms with van der Waals surface area (Å²) in [5, 5.41) is 5.53. The third-order valence-corrected chi connectivity index (χ3v) is 7.48. The number of thioether (sulfide) groups is 1. The standard InChI is InChI=1S/C20H22N2O4S2/c1-13-5-3-4-6-16(13)22-20(24)14(2)12-28(25,26)15-7-8-18-17(11-15)21-19(23)9-10-27-18/h3-8,11,14H,9-10,12H2,1-2H3,(H,21,23)(H,22,24)/t14-/m1/s1. The first-order valence-corrected chi connectivity index (χ1v) is 11.6. The van der Waals surface area contributed by atoms with Crippen molar-refractivity contribution in [1.82, 2.24) is 0 Å². The van der Waals surface area contributed by atoms with E-state index >= 15 is 0 Å². The molecule has 6 nitrogen and oxygen atoms in total. The van der Waals surface area contributed by atoms with Gasteiger partial charge in [-0.1, -0.05) is 25.1 Å². The Morgan fingerprint density at radius 3 is 2.75 bits per heavy atom. The number of anilines is 2. The highest BCUT2D eigenvalue weighted by molar-refractivity contribution is 7.99. The minimum absolute atomic E-state index is 0.101. The Labute approximate surface area is 169 Å². The van der Waals surface area contributed by atoms with Crippen molar-refractivity contribution in [3.63, 3.8) is 0 Å². The van der Waals surface area contributed by atoms with Crippen molar-refractivity contribution in [2.45, 2.75) is 30.1 Å². The number of carbonyl (C=O) groups excluding carboxylic acids is 2. The summed E-state index contributed by atoms with van der Waals surface area (Å²) >= 11 is 1.51. The quantitative estimate of drug-likeness (QED) is 0.776. The van der Waals surface area contributed by atoms with Gasteiger partial charge in [0.05, 0.1) is 16.3 Å². The summed E-state index contributed by atoms with van der Waals surface area (Å²) in [5.41, 5.74) is 2.08. The van der Waals surface area contributed by atoms with Crippen LogP contribution in [0.15, 0.2) is 52.3 Å². The van der Waals surface area contributed by atoms with E-state index in [0.717, 1.165) is 10.5 Å². The van der Waals surface area contributed by atoms with Gasteiger partial charge in [0.15, 0.2) is 9.84 Å². The molecule has 1 atom stereocenters. The summed E-state index contributed by atoms with van der Waals surface area (Å²) in [5.74, 6) is -0.873. The maximum Gasteiger partial charge on any atom is 0.228 e. The van der Waals surface area contributed by atoms with Gasteiger partial charge < -0.3 is 10.6 Å². The molecule has 1 heterocycles. The maximum absolute atomic E-state index is 12.8. The first kappa shape index (κ1) is 20.4. The third-order valence-electron chi connectivity index (χ3n) is 4.49. The molecule has 2 aromatic carbocycles. The van der Waals surface area contributed by atoms with Gasteiger partial charge in [0.25, 0.3) is 0 Å². The molecule has 0 bridgehead atoms. The summed E-state index contributed by atoms with van der Waals surface area (Å²) in [6.45, 7) is 3.46. The largest absolute Gasteiger partial charge is 0.326 e. The summed E-state index contributed by atoms with van der Waals surface area (Å²) in [7, 11) is -3.69. The predicted octanol–water partition coefficient (Wildman–Crippen LogP) is 3.48. The maximum atomic E-state index is 12.8. The number of para-hydroxylation sites is 1. The Morgan fingerprint density at radius 1 is 1.25 bits per heavy atom. The molecular formula is C20H22N2O4S2. The molecule has 148 valence electrons. The van der Waals surface area contributed by atoms with Crippen LogP contribution in [0.2, 0.25) is 0 Å². The molecule has 0 unspecified atom stereocenters. The SMILES string of the molecule is Cc1ccccc1NC(=O)[C@H](C)CS(=O)(=O)c1ccc2c(c1)NC(=O)CCS2. The van der Waals surface area contributed by atoms with Crippen molar-refractivity contribution >= 4 is 44.8 Å². The minimum Gasteiger partial charge on any atom is -0.326 e. The molecule has 0 saturated heterocycles. The minimum atomic E-state index is -3.69. The van der Waals surface area contributed by atoms with Gasteiger partial charge in [-0.2, -0.15) is 0 Å². The number of aryl methyl sites for hydroxylation is 1. The average Bonchev–Trinajstić information content (AvgIpc) is 2.83. The Morgan fingerprint density at radius 2 is 2.00 bits per heavy atom. The number of hydrogen-bond donors (Lipinski definition) is 2. The molecule has 2 amide bonds. The van der Waals surface area contributed by atoms with Crippen molar-refractivity contribution in [3.05, 3.63) is 48.0 Å². The van der Waals surface area contributed by atoms with Crippen LogP contribution in [-0.2, 0) is 19.4 Å². The summed E-state index contributed by atoms with van der Waals surface area (Å²) in [6.07, 6.45) is 0.386. The number of benzene rings is 2. The molecule has 0 spiro atoms. The van der Waals surface area contributed by atoms with Crippen molar-refractivity contribution in [1.29, 1.82) is 0 Å². The molecule has 0 saturated carbocycles. The van der Waals surface area contributed by atoms with Crippen LogP contribution in [0.4, 0.5) is 11.4 Å². The van der Waals surface area contributed by atoms with E-state index in [9.17, 15) is 18.0 Å². The highest BCUT2D eigenvalue weighted by Crippen LogP contribution is 2.33. The molecule has 0 fully saturated rings. The smallest absolute Gasteiger partial charge is 0.228 e. The second-order valence-electron chi connectivity index (χ2n) is 6.79. The monoisotopic (exact) mass is 418 g/mol. The molecule has 1 aliphatic heterocycles. The molecule has 1 aliphatic rings. The van der Waals surface area contributed by atoms with Crippen LogP contribution in [0, 0.1) is 12.8 Å². The van der Waals surface area contributed by atoms with Crippen LogP contribution in [0.5, 0.6) is 0 Å². The fraction of sp³-hybridized carbons (Fsp3) is 0.300. The molecule has 0 aliphatic carbocycles. The van der Waals surface area contributed by atoms with E-state index in [-0.39, 0.29) is 22.5 Å². The number of rotatable bonds is 5. The Bertz CT molecular complexity index is 1020. The summed E-state index contributed by atoms with van der Waals surface area (Å²) < 4.78 is 25.6. The second kappa shape index (κ2) is 8.36. The van der Waals surface area contributed by atoms with Gasteiger partial charge in [-0.05, 0) is 36.8 Å². The van der Waals surface area contributed by atoms with E-state index < -0.39 is 15.8 Å². The lowest BCUT2D eigenvalue weighted by molar-refractivity contribution is -0.119. The molecule has 2 N–H and O–H groups in total. The van der Waals surface area contributed by atoms with Crippen LogP contribution in [0.1, 0.15) is 18.9 Å². The van der Waals surface area contributed by atoms with E-state index in [4.69, 9.17) is 0 Å². The zero-order valence-corrected chi connectivity index (χ0v) is 17.3. The van der Waals surface area contributed by atoms with Gasteiger partial charge in [-0.25, -0.2) is 8.42 Å². The van der Waals surface area contributed by atoms with E-state index in [0.29, 0.717) is 23.5 Å². The molecule has 28 heavy (non-hydrogen) atoms. The van der Waals surface area contributed by atoms with Gasteiger partial charge in [-0.15, -0.1) is 11.8 Å². The van der Waals surface area contributed by atoms with Crippen LogP contribution < -0.4 is 10.6 Å². The van der Waals surface area contributed by atoms with Crippen LogP contribution >= 0.6 is 11.8 Å². The first-order valence-electron chi connectivity index (χ1n) is 8.92. The van der Waals surface area contributed by atoms with Crippen molar-refractivity contribution in [3.8, 4) is 0 Å². The van der Waals surface area contributed by atoms with Crippen LogP contribution in [0.3, 0.4) is 0 Å². The number of hydrogen-bond acceptors (Lipinski definition) is 5. The van der Waals surface area contributed by atoms with Crippen molar-refractivity contribution < 1.29 is 18.0 Å². The van der Waals surface area contributed by atoms with Gasteiger partial charge in [0.1, 0.15) is 0 Å². The molecule has 8 heteroatoms. The van der Waals surface area contributed by atoms with E-state index in [1.54, 1.807) is 19.1 Å². The molecule has 2 aromatic rings. The second-order valence-corrected chi connectivity index (χ2v) is 9.96. The number of amides is 2. The fourth-order valence-corrected chi connectivity index (χ4v) is 5.37. The zero-order chi connectivity index (χ0) is 20.3. The van der Waals surface area contributed by atoms with E-state index in [2.05, 4.69) is 10.6 Å². The van der Waals surface area contributed by atoms with Crippen LogP contribution in [-0.4, -0.2) is 31.7 Å². The molecule has 3 rings (SSSR count). The lowest BCUT2D eigenvalue weighted by Crippen LogP contribution is -2.27. The number of sulfone groups is 1. The molecule has 0 radical (unpaired) electrons. The summed E-state index contributed by atoms with van der Waals surface area (Å²) in [4.78, 5) is 25.2. The van der Waals surface area contributed by atoms with E-state index in [1.807, 2.05) is 25.1 Å². The van der Waals surface area contributed by atoms with E-state index in [1.165, 1.54) is 23.9 Å². The number of nitrogens with one attached hydrogen (secondary N) is 2. The van der Waals surface area contributed by atoms with Crippen molar-refractivity contribution in [2.24, 2.45) is 5.92 Å². The molecule has 0 aromatic heterocycles. The highest BCUT2D eigenvalue weighted by atomic mass is 32.2. The summed E-state index contributed by atoms with van der Waals surface area (Å²) in [6, 6.07) is 12.1. The van der Waals surface area contributed by atoms with Crippen LogP contribution in [0.25, 0.3) is 0 Å². The van der Waals surface area contributed by atoms with Gasteiger partial charge in [0.2, 0.25) is 11.8 Å². The normalized spacial score (nSPS) is 15.1. The van der Waals surface area contributed by atoms with Crippen molar-refractivity contribution in [2.75, 3.05) is 22.1 Å². The fourth-order valence-electron chi connectivity index (χ4n) is 2.86.